The molecule has 0 saturated carbocycles. The van der Waals surface area contributed by atoms with Crippen LogP contribution in [-0.4, -0.2) is 10.5 Å². The van der Waals surface area contributed by atoms with Crippen LogP contribution in [0.25, 0.3) is 10.9 Å². The summed E-state index contributed by atoms with van der Waals surface area (Å²) in [6.45, 7) is 1.98. The summed E-state index contributed by atoms with van der Waals surface area (Å²) < 4.78 is 2.88. The molecule has 1 amide bonds. The van der Waals surface area contributed by atoms with Gasteiger partial charge in [-0.1, -0.05) is 40.2 Å². The number of fused-ring (bicyclic) bond motifs is 1. The molecule has 3 rings (SSSR count). The minimum absolute atomic E-state index is 0.0932. The van der Waals surface area contributed by atoms with Gasteiger partial charge in [0.15, 0.2) is 0 Å². The molecule has 21 heavy (non-hydrogen) atoms. The maximum atomic E-state index is 12.6. The smallest absolute Gasteiger partial charge is 0.272 e. The van der Waals surface area contributed by atoms with E-state index in [1.807, 2.05) is 67.1 Å². The van der Waals surface area contributed by atoms with E-state index in [2.05, 4.69) is 21.2 Å². The third-order valence-corrected chi connectivity index (χ3v) is 4.15. The van der Waals surface area contributed by atoms with Crippen molar-refractivity contribution in [1.29, 1.82) is 0 Å². The van der Waals surface area contributed by atoms with E-state index in [9.17, 15) is 4.79 Å². The fraction of sp³-hybridized carbons (Fsp3) is 0.118. The van der Waals surface area contributed by atoms with Crippen LogP contribution in [0, 0.1) is 6.92 Å². The van der Waals surface area contributed by atoms with Crippen LogP contribution in [0.2, 0.25) is 0 Å². The molecule has 0 bridgehead atoms. The van der Waals surface area contributed by atoms with Gasteiger partial charge in [-0.3, -0.25) is 4.79 Å². The van der Waals surface area contributed by atoms with Crippen LogP contribution >= 0.6 is 15.9 Å². The number of benzene rings is 2. The molecule has 1 aromatic heterocycles. The summed E-state index contributed by atoms with van der Waals surface area (Å²) in [5, 5.41) is 4.06. The molecular formula is C17H15BrN2O. The van der Waals surface area contributed by atoms with Crippen molar-refractivity contribution in [1.82, 2.24) is 4.57 Å². The topological polar surface area (TPSA) is 34.0 Å². The van der Waals surface area contributed by atoms with Gasteiger partial charge in [-0.2, -0.15) is 0 Å². The molecule has 0 spiro atoms. The first kappa shape index (κ1) is 13.9. The van der Waals surface area contributed by atoms with Crippen molar-refractivity contribution in [3.05, 3.63) is 64.3 Å². The molecule has 0 fully saturated rings. The third-order valence-electron chi connectivity index (χ3n) is 3.66. The Bertz CT molecular complexity index is 797. The van der Waals surface area contributed by atoms with E-state index >= 15 is 0 Å². The Morgan fingerprint density at radius 2 is 1.90 bits per heavy atom. The Kier molecular flexibility index (Phi) is 3.55. The van der Waals surface area contributed by atoms with E-state index in [0.29, 0.717) is 5.69 Å². The van der Waals surface area contributed by atoms with Gasteiger partial charge in [-0.05, 0) is 36.8 Å². The molecule has 3 nitrogen and oxygen atoms in total. The van der Waals surface area contributed by atoms with Gasteiger partial charge in [0.1, 0.15) is 5.69 Å². The van der Waals surface area contributed by atoms with Gasteiger partial charge in [0.05, 0.1) is 0 Å². The van der Waals surface area contributed by atoms with Crippen LogP contribution in [0.4, 0.5) is 5.69 Å². The Morgan fingerprint density at radius 1 is 1.14 bits per heavy atom. The number of carbonyl (C=O) groups is 1. The highest BCUT2D eigenvalue weighted by Gasteiger charge is 2.18. The maximum Gasteiger partial charge on any atom is 0.272 e. The van der Waals surface area contributed by atoms with Gasteiger partial charge in [-0.25, -0.2) is 0 Å². The summed E-state index contributed by atoms with van der Waals surface area (Å²) in [5.41, 5.74) is 3.53. The zero-order valence-electron chi connectivity index (χ0n) is 11.9. The summed E-state index contributed by atoms with van der Waals surface area (Å²) in [7, 11) is 1.92. The first-order valence-electron chi connectivity index (χ1n) is 6.69. The molecule has 1 N–H and O–H groups in total. The zero-order chi connectivity index (χ0) is 15.0. The summed E-state index contributed by atoms with van der Waals surface area (Å²) in [6.07, 6.45) is 0. The molecule has 0 unspecified atom stereocenters. The molecular weight excluding hydrogens is 328 g/mol. The van der Waals surface area contributed by atoms with Crippen LogP contribution in [0.15, 0.2) is 53.0 Å². The standard InChI is InChI=1S/C17H15BrN2O/c1-11-14-8-3-4-9-15(14)20(2)16(11)17(21)19-13-7-5-6-12(18)10-13/h3-10H,1-2H3,(H,19,21). The van der Waals surface area contributed by atoms with Crippen molar-refractivity contribution in [2.75, 3.05) is 5.32 Å². The molecule has 4 heteroatoms. The monoisotopic (exact) mass is 342 g/mol. The minimum Gasteiger partial charge on any atom is -0.339 e. The molecule has 0 radical (unpaired) electrons. The lowest BCUT2D eigenvalue weighted by atomic mass is 10.1. The average Bonchev–Trinajstić information content (AvgIpc) is 2.71. The summed E-state index contributed by atoms with van der Waals surface area (Å²) in [6, 6.07) is 15.6. The third kappa shape index (κ3) is 2.47. The first-order chi connectivity index (χ1) is 10.1. The number of amides is 1. The van der Waals surface area contributed by atoms with Crippen molar-refractivity contribution in [2.45, 2.75) is 6.92 Å². The van der Waals surface area contributed by atoms with Gasteiger partial charge in [0.25, 0.3) is 5.91 Å². The number of nitrogens with one attached hydrogen (secondary N) is 1. The summed E-state index contributed by atoms with van der Waals surface area (Å²) >= 11 is 3.41. The number of hydrogen-bond donors (Lipinski definition) is 1. The molecule has 3 aromatic rings. The van der Waals surface area contributed by atoms with Gasteiger partial charge < -0.3 is 9.88 Å². The fourth-order valence-corrected chi connectivity index (χ4v) is 3.06. The van der Waals surface area contributed by atoms with Crippen molar-refractivity contribution in [3.63, 3.8) is 0 Å². The van der Waals surface area contributed by atoms with Gasteiger partial charge in [-0.15, -0.1) is 0 Å². The first-order valence-corrected chi connectivity index (χ1v) is 7.48. The Morgan fingerprint density at radius 3 is 2.62 bits per heavy atom. The number of hydrogen-bond acceptors (Lipinski definition) is 1. The van der Waals surface area contributed by atoms with E-state index in [4.69, 9.17) is 0 Å². The predicted molar refractivity (Wildman–Crippen MR) is 89.8 cm³/mol. The van der Waals surface area contributed by atoms with Crippen LogP contribution in [0.5, 0.6) is 0 Å². The second-order valence-electron chi connectivity index (χ2n) is 5.01. The molecule has 1 heterocycles. The maximum absolute atomic E-state index is 12.6. The number of rotatable bonds is 2. The molecule has 106 valence electrons. The molecule has 2 aromatic carbocycles. The number of carbonyl (C=O) groups excluding carboxylic acids is 1. The van der Waals surface area contributed by atoms with Crippen LogP contribution in [-0.2, 0) is 7.05 Å². The van der Waals surface area contributed by atoms with E-state index in [-0.39, 0.29) is 5.91 Å². The largest absolute Gasteiger partial charge is 0.339 e. The second-order valence-corrected chi connectivity index (χ2v) is 5.93. The van der Waals surface area contributed by atoms with Crippen molar-refractivity contribution >= 4 is 38.4 Å². The Balaban J connectivity index is 2.02. The van der Waals surface area contributed by atoms with Crippen molar-refractivity contribution in [3.8, 4) is 0 Å². The average molecular weight is 343 g/mol. The lowest BCUT2D eigenvalue weighted by Gasteiger charge is -2.08. The number of para-hydroxylation sites is 1. The molecule has 0 atom stereocenters. The Labute approximate surface area is 131 Å². The van der Waals surface area contributed by atoms with Gasteiger partial charge in [0, 0.05) is 28.1 Å². The van der Waals surface area contributed by atoms with E-state index in [1.54, 1.807) is 0 Å². The van der Waals surface area contributed by atoms with Gasteiger partial charge in [0.2, 0.25) is 0 Å². The fourth-order valence-electron chi connectivity index (χ4n) is 2.66. The number of nitrogens with zero attached hydrogens (tertiary/aromatic N) is 1. The highest BCUT2D eigenvalue weighted by molar-refractivity contribution is 9.10. The summed E-state index contributed by atoms with van der Waals surface area (Å²) in [5.74, 6) is -0.0932. The van der Waals surface area contributed by atoms with Crippen LogP contribution < -0.4 is 5.32 Å². The highest BCUT2D eigenvalue weighted by Crippen LogP contribution is 2.25. The Hall–Kier alpha value is -2.07. The minimum atomic E-state index is -0.0932. The molecule has 0 aliphatic carbocycles. The lowest BCUT2D eigenvalue weighted by molar-refractivity contribution is 0.101. The van der Waals surface area contributed by atoms with E-state index in [1.165, 1.54) is 0 Å². The van der Waals surface area contributed by atoms with E-state index < -0.39 is 0 Å². The van der Waals surface area contributed by atoms with Crippen LogP contribution in [0.1, 0.15) is 16.1 Å². The van der Waals surface area contributed by atoms with Crippen LogP contribution in [0.3, 0.4) is 0 Å². The molecule has 0 aliphatic heterocycles. The second kappa shape index (κ2) is 5.37. The normalized spacial score (nSPS) is 10.8. The summed E-state index contributed by atoms with van der Waals surface area (Å²) in [4.78, 5) is 12.6. The number of halogens is 1. The van der Waals surface area contributed by atoms with Gasteiger partial charge >= 0.3 is 0 Å². The number of aromatic nitrogens is 1. The number of aryl methyl sites for hydroxylation is 2. The lowest BCUT2D eigenvalue weighted by Crippen LogP contribution is -2.16. The SMILES string of the molecule is Cc1c(C(=O)Nc2cccc(Br)c2)n(C)c2ccccc12. The number of anilines is 1. The van der Waals surface area contributed by atoms with E-state index in [0.717, 1.165) is 26.6 Å². The molecule has 0 saturated heterocycles. The zero-order valence-corrected chi connectivity index (χ0v) is 13.4. The van der Waals surface area contributed by atoms with Crippen molar-refractivity contribution in [2.24, 2.45) is 7.05 Å². The predicted octanol–water partition coefficient (Wildman–Crippen LogP) is 4.50. The highest BCUT2D eigenvalue weighted by atomic mass is 79.9. The van der Waals surface area contributed by atoms with Crippen molar-refractivity contribution < 1.29 is 4.79 Å². The quantitative estimate of drug-likeness (QED) is 0.730. The molecule has 0 aliphatic rings.